The summed E-state index contributed by atoms with van der Waals surface area (Å²) in [4.78, 5) is 4.20. The molecule has 0 atom stereocenters. The zero-order valence-electron chi connectivity index (χ0n) is 6.92. The fourth-order valence-electron chi connectivity index (χ4n) is 0.997. The van der Waals surface area contributed by atoms with Gasteiger partial charge in [0.05, 0.1) is 12.0 Å². The summed E-state index contributed by atoms with van der Waals surface area (Å²) in [5.74, 6) is 0.687. The number of nitrogens with zero attached hydrogens (tertiary/aromatic N) is 2. The average molecular weight is 217 g/mol. The zero-order chi connectivity index (χ0) is 8.27. The third-order valence-corrected chi connectivity index (χ3v) is 1.97. The van der Waals surface area contributed by atoms with Crippen molar-refractivity contribution in [2.75, 3.05) is 0 Å². The number of alkyl halides is 1. The van der Waals surface area contributed by atoms with Crippen LogP contribution in [-0.2, 0) is 11.9 Å². The van der Waals surface area contributed by atoms with Gasteiger partial charge in [0.2, 0.25) is 0 Å². The third-order valence-electron chi connectivity index (χ3n) is 1.40. The van der Waals surface area contributed by atoms with Crippen molar-refractivity contribution in [3.05, 3.63) is 18.2 Å². The van der Waals surface area contributed by atoms with Crippen LogP contribution in [0.3, 0.4) is 0 Å². The van der Waals surface area contributed by atoms with E-state index in [0.717, 1.165) is 17.6 Å². The smallest absolute Gasteiger partial charge is 0.0949 e. The van der Waals surface area contributed by atoms with Crippen molar-refractivity contribution in [3.8, 4) is 0 Å². The Morgan fingerprint density at radius 1 is 1.64 bits per heavy atom. The van der Waals surface area contributed by atoms with Crippen molar-refractivity contribution in [2.45, 2.75) is 25.7 Å². The van der Waals surface area contributed by atoms with Crippen LogP contribution < -0.4 is 0 Å². The molecule has 0 aromatic carbocycles. The van der Waals surface area contributed by atoms with Crippen molar-refractivity contribution >= 4 is 15.9 Å². The summed E-state index contributed by atoms with van der Waals surface area (Å²) in [5, 5.41) is 0.845. The van der Waals surface area contributed by atoms with Gasteiger partial charge in [-0.2, -0.15) is 0 Å². The molecule has 0 fully saturated rings. The van der Waals surface area contributed by atoms with Crippen LogP contribution in [0.1, 0.15) is 19.5 Å². The molecule has 1 heterocycles. The van der Waals surface area contributed by atoms with Gasteiger partial charge in [-0.15, -0.1) is 0 Å². The summed E-state index contributed by atoms with van der Waals surface area (Å²) in [6.45, 7) is 5.46. The van der Waals surface area contributed by atoms with Crippen LogP contribution in [0.4, 0.5) is 0 Å². The van der Waals surface area contributed by atoms with E-state index in [-0.39, 0.29) is 0 Å². The van der Waals surface area contributed by atoms with Crippen molar-refractivity contribution in [1.82, 2.24) is 9.55 Å². The van der Waals surface area contributed by atoms with E-state index in [4.69, 9.17) is 0 Å². The Balaban J connectivity index is 2.58. The predicted molar refractivity (Wildman–Crippen MR) is 49.7 cm³/mol. The zero-order valence-corrected chi connectivity index (χ0v) is 8.50. The fraction of sp³-hybridized carbons (Fsp3) is 0.625. The Morgan fingerprint density at radius 2 is 2.36 bits per heavy atom. The molecule has 62 valence electrons. The van der Waals surface area contributed by atoms with Gasteiger partial charge in [-0.25, -0.2) is 4.98 Å². The normalized spacial score (nSPS) is 10.9. The van der Waals surface area contributed by atoms with Crippen molar-refractivity contribution in [3.63, 3.8) is 0 Å². The Kier molecular flexibility index (Phi) is 3.12. The molecule has 0 bridgehead atoms. The second-order valence-corrected chi connectivity index (χ2v) is 3.65. The van der Waals surface area contributed by atoms with Crippen LogP contribution in [0.15, 0.2) is 12.5 Å². The maximum atomic E-state index is 4.20. The molecular formula is C8H13BrN2. The summed E-state index contributed by atoms with van der Waals surface area (Å²) < 4.78 is 2.13. The maximum absolute atomic E-state index is 4.20. The first-order valence-corrected chi connectivity index (χ1v) is 4.91. The molecule has 1 aromatic rings. The van der Waals surface area contributed by atoms with E-state index in [9.17, 15) is 0 Å². The van der Waals surface area contributed by atoms with E-state index in [1.807, 2.05) is 6.33 Å². The third kappa shape index (κ3) is 2.66. The summed E-state index contributed by atoms with van der Waals surface area (Å²) in [6.07, 6.45) is 3.96. The van der Waals surface area contributed by atoms with Crippen molar-refractivity contribution < 1.29 is 0 Å². The Morgan fingerprint density at radius 3 is 2.82 bits per heavy atom. The summed E-state index contributed by atoms with van der Waals surface area (Å²) in [5.41, 5.74) is 1.10. The highest BCUT2D eigenvalue weighted by Crippen LogP contribution is 2.04. The molecule has 0 saturated carbocycles. The SMILES string of the molecule is CC(C)Cn1cnc(CBr)c1. The first-order valence-electron chi connectivity index (χ1n) is 3.79. The highest BCUT2D eigenvalue weighted by Gasteiger charge is 1.98. The topological polar surface area (TPSA) is 17.8 Å². The summed E-state index contributed by atoms with van der Waals surface area (Å²) in [7, 11) is 0. The molecule has 0 unspecified atom stereocenters. The first-order chi connectivity index (χ1) is 5.22. The van der Waals surface area contributed by atoms with Crippen molar-refractivity contribution in [1.29, 1.82) is 0 Å². The summed E-state index contributed by atoms with van der Waals surface area (Å²) in [6, 6.07) is 0. The lowest BCUT2D eigenvalue weighted by Crippen LogP contribution is -2.00. The number of halogens is 1. The Hall–Kier alpha value is -0.310. The molecule has 0 amide bonds. The van der Waals surface area contributed by atoms with E-state index >= 15 is 0 Å². The number of imidazole rings is 1. The summed E-state index contributed by atoms with van der Waals surface area (Å²) >= 11 is 3.36. The number of rotatable bonds is 3. The molecule has 0 N–H and O–H groups in total. The molecule has 1 aromatic heterocycles. The van der Waals surface area contributed by atoms with Gasteiger partial charge in [-0.1, -0.05) is 29.8 Å². The van der Waals surface area contributed by atoms with Gasteiger partial charge in [0.15, 0.2) is 0 Å². The van der Waals surface area contributed by atoms with Gasteiger partial charge in [-0.3, -0.25) is 0 Å². The number of hydrogen-bond acceptors (Lipinski definition) is 1. The maximum Gasteiger partial charge on any atom is 0.0949 e. The van der Waals surface area contributed by atoms with Gasteiger partial charge >= 0.3 is 0 Å². The van der Waals surface area contributed by atoms with E-state index in [1.54, 1.807) is 0 Å². The molecule has 3 heteroatoms. The van der Waals surface area contributed by atoms with Gasteiger partial charge in [0.1, 0.15) is 0 Å². The van der Waals surface area contributed by atoms with Gasteiger partial charge < -0.3 is 4.57 Å². The molecule has 0 radical (unpaired) electrons. The van der Waals surface area contributed by atoms with Crippen LogP contribution in [0.25, 0.3) is 0 Å². The minimum atomic E-state index is 0.687. The fourth-order valence-corrected chi connectivity index (χ4v) is 1.29. The standard InChI is InChI=1S/C8H13BrN2/c1-7(2)4-11-5-8(3-9)10-6-11/h5-7H,3-4H2,1-2H3. The lowest BCUT2D eigenvalue weighted by Gasteiger charge is -2.03. The average Bonchev–Trinajstić information content (AvgIpc) is 2.34. The minimum absolute atomic E-state index is 0.687. The van der Waals surface area contributed by atoms with Crippen LogP contribution in [0, 0.1) is 5.92 Å². The van der Waals surface area contributed by atoms with E-state index < -0.39 is 0 Å². The molecule has 0 aliphatic heterocycles. The predicted octanol–water partition coefficient (Wildman–Crippen LogP) is 2.43. The molecule has 0 aliphatic rings. The Bertz CT molecular complexity index is 218. The van der Waals surface area contributed by atoms with Gasteiger partial charge in [0, 0.05) is 18.1 Å². The van der Waals surface area contributed by atoms with Crippen LogP contribution in [-0.4, -0.2) is 9.55 Å². The monoisotopic (exact) mass is 216 g/mol. The molecule has 0 saturated heterocycles. The van der Waals surface area contributed by atoms with Crippen LogP contribution >= 0.6 is 15.9 Å². The quantitative estimate of drug-likeness (QED) is 0.711. The van der Waals surface area contributed by atoms with Gasteiger partial charge in [-0.05, 0) is 5.92 Å². The molecule has 11 heavy (non-hydrogen) atoms. The number of hydrogen-bond donors (Lipinski definition) is 0. The second kappa shape index (κ2) is 3.90. The highest BCUT2D eigenvalue weighted by molar-refractivity contribution is 9.08. The first kappa shape index (κ1) is 8.78. The van der Waals surface area contributed by atoms with Crippen LogP contribution in [0.2, 0.25) is 0 Å². The Labute approximate surface area is 75.8 Å². The molecule has 0 spiro atoms. The second-order valence-electron chi connectivity index (χ2n) is 3.09. The van der Waals surface area contributed by atoms with Crippen LogP contribution in [0.5, 0.6) is 0 Å². The largest absolute Gasteiger partial charge is 0.337 e. The number of aromatic nitrogens is 2. The molecule has 1 rings (SSSR count). The van der Waals surface area contributed by atoms with Gasteiger partial charge in [0.25, 0.3) is 0 Å². The molecule has 2 nitrogen and oxygen atoms in total. The molecule has 0 aliphatic carbocycles. The van der Waals surface area contributed by atoms with E-state index in [0.29, 0.717) is 5.92 Å². The lowest BCUT2D eigenvalue weighted by atomic mass is 10.2. The minimum Gasteiger partial charge on any atom is -0.337 e. The molecular weight excluding hydrogens is 204 g/mol. The van der Waals surface area contributed by atoms with Crippen molar-refractivity contribution in [2.24, 2.45) is 5.92 Å². The van der Waals surface area contributed by atoms with E-state index in [1.165, 1.54) is 0 Å². The highest BCUT2D eigenvalue weighted by atomic mass is 79.9. The van der Waals surface area contributed by atoms with E-state index in [2.05, 4.69) is 45.5 Å². The lowest BCUT2D eigenvalue weighted by molar-refractivity contribution is 0.522.